The molecule has 2 nitrogen and oxygen atoms in total. The third-order valence-electron chi connectivity index (χ3n) is 2.85. The highest BCUT2D eigenvalue weighted by Gasteiger charge is 2.51. The summed E-state index contributed by atoms with van der Waals surface area (Å²) in [7, 11) is 0. The Morgan fingerprint density at radius 3 is 2.00 bits per heavy atom. The van der Waals surface area contributed by atoms with Crippen molar-refractivity contribution in [2.24, 2.45) is 11.8 Å². The molecule has 2 N–H and O–H groups in total. The Balaban J connectivity index is 2.06. The van der Waals surface area contributed by atoms with E-state index in [1.807, 2.05) is 0 Å². The summed E-state index contributed by atoms with van der Waals surface area (Å²) in [5.74, 6) is 0.907. The second-order valence-corrected chi connectivity index (χ2v) is 4.44. The molecule has 0 amide bonds. The first kappa shape index (κ1) is 7.07. The van der Waals surface area contributed by atoms with Gasteiger partial charge in [0.15, 0.2) is 0 Å². The van der Waals surface area contributed by atoms with Gasteiger partial charge in [-0.3, -0.25) is 0 Å². The number of hydrogen-bond donors (Lipinski definition) is 2. The van der Waals surface area contributed by atoms with Gasteiger partial charge in [-0.05, 0) is 24.7 Å². The van der Waals surface area contributed by atoms with Crippen molar-refractivity contribution in [2.45, 2.75) is 29.9 Å². The fourth-order valence-electron chi connectivity index (χ4n) is 2.11. The molecular weight excluding hydrogens is 196 g/mol. The Morgan fingerprint density at radius 1 is 1.00 bits per heavy atom. The average Bonchev–Trinajstić information content (AvgIpc) is 2.12. The zero-order valence-electron chi connectivity index (χ0n) is 5.57. The predicted molar refractivity (Wildman–Crippen MR) is 40.9 cm³/mol. The zero-order chi connectivity index (χ0) is 7.30. The van der Waals surface area contributed by atoms with Crippen LogP contribution in [0.5, 0.6) is 0 Å². The molecule has 2 aliphatic carbocycles. The SMILES string of the molecule is O[C@H]1C[C@@H]2[C@@H](C[C@@H]2O)[C@@H]1Br. The predicted octanol–water partition coefficient (Wildman–Crippen LogP) is 0.512. The Hall–Kier alpha value is 0.400. The molecule has 0 bridgehead atoms. The lowest BCUT2D eigenvalue weighted by molar-refractivity contribution is -0.0131. The van der Waals surface area contributed by atoms with Crippen molar-refractivity contribution in [3.05, 3.63) is 0 Å². The second-order valence-electron chi connectivity index (χ2n) is 3.38. The molecule has 0 spiro atoms. The number of fused-ring (bicyclic) bond motifs is 1. The summed E-state index contributed by atoms with van der Waals surface area (Å²) in [6, 6.07) is 0. The van der Waals surface area contributed by atoms with Gasteiger partial charge in [0.1, 0.15) is 0 Å². The molecule has 2 rings (SSSR count). The van der Waals surface area contributed by atoms with Crippen molar-refractivity contribution in [1.82, 2.24) is 0 Å². The molecule has 0 radical (unpaired) electrons. The van der Waals surface area contributed by atoms with Gasteiger partial charge in [0.05, 0.1) is 12.2 Å². The molecule has 0 aromatic heterocycles. The van der Waals surface area contributed by atoms with Crippen LogP contribution in [0.3, 0.4) is 0 Å². The monoisotopic (exact) mass is 206 g/mol. The van der Waals surface area contributed by atoms with Crippen molar-refractivity contribution in [3.63, 3.8) is 0 Å². The van der Waals surface area contributed by atoms with Crippen LogP contribution in [0.1, 0.15) is 12.8 Å². The minimum absolute atomic E-state index is 0.137. The average molecular weight is 207 g/mol. The summed E-state index contributed by atoms with van der Waals surface area (Å²) < 4.78 is 0. The van der Waals surface area contributed by atoms with E-state index >= 15 is 0 Å². The maximum absolute atomic E-state index is 9.34. The van der Waals surface area contributed by atoms with Crippen molar-refractivity contribution >= 4 is 15.9 Å². The van der Waals surface area contributed by atoms with Crippen molar-refractivity contribution in [3.8, 4) is 0 Å². The Bertz CT molecular complexity index is 151. The minimum Gasteiger partial charge on any atom is -0.393 e. The van der Waals surface area contributed by atoms with E-state index in [1.165, 1.54) is 0 Å². The van der Waals surface area contributed by atoms with E-state index < -0.39 is 0 Å². The van der Waals surface area contributed by atoms with Gasteiger partial charge in [-0.25, -0.2) is 0 Å². The van der Waals surface area contributed by atoms with Crippen LogP contribution >= 0.6 is 15.9 Å². The summed E-state index contributed by atoms with van der Waals surface area (Å²) in [5, 5.41) is 18.6. The Labute approximate surface area is 68.4 Å². The second kappa shape index (κ2) is 2.19. The van der Waals surface area contributed by atoms with Gasteiger partial charge in [-0.1, -0.05) is 15.9 Å². The molecule has 0 aromatic carbocycles. The maximum Gasteiger partial charge on any atom is 0.0671 e. The third-order valence-corrected chi connectivity index (χ3v) is 4.14. The van der Waals surface area contributed by atoms with Crippen LogP contribution < -0.4 is 0 Å². The highest BCUT2D eigenvalue weighted by atomic mass is 79.9. The van der Waals surface area contributed by atoms with Gasteiger partial charge < -0.3 is 10.2 Å². The van der Waals surface area contributed by atoms with Gasteiger partial charge in [0.2, 0.25) is 0 Å². The lowest BCUT2D eigenvalue weighted by Gasteiger charge is -2.37. The number of rotatable bonds is 0. The normalized spacial score (nSPS) is 59.7. The first-order valence-electron chi connectivity index (χ1n) is 3.70. The molecule has 10 heavy (non-hydrogen) atoms. The summed E-state index contributed by atoms with van der Waals surface area (Å²) in [4.78, 5) is 0.237. The van der Waals surface area contributed by atoms with Gasteiger partial charge >= 0.3 is 0 Å². The van der Waals surface area contributed by atoms with Crippen LogP contribution in [0.25, 0.3) is 0 Å². The van der Waals surface area contributed by atoms with Crippen LogP contribution in [-0.2, 0) is 0 Å². The van der Waals surface area contributed by atoms with E-state index in [0.717, 1.165) is 12.8 Å². The summed E-state index contributed by atoms with van der Waals surface area (Å²) in [6.45, 7) is 0. The molecule has 0 heterocycles. The van der Waals surface area contributed by atoms with Gasteiger partial charge in [-0.2, -0.15) is 0 Å². The first-order valence-corrected chi connectivity index (χ1v) is 4.62. The molecular formula is C7H11BrO2. The van der Waals surface area contributed by atoms with Gasteiger partial charge in [0.25, 0.3) is 0 Å². The van der Waals surface area contributed by atoms with E-state index in [-0.39, 0.29) is 17.0 Å². The fourth-order valence-corrected chi connectivity index (χ4v) is 2.93. The third kappa shape index (κ3) is 0.773. The summed E-state index contributed by atoms with van der Waals surface area (Å²) in [6.07, 6.45) is 1.29. The molecule has 2 fully saturated rings. The molecule has 2 aliphatic rings. The molecule has 0 aromatic rings. The maximum atomic E-state index is 9.34. The van der Waals surface area contributed by atoms with Gasteiger partial charge in [0, 0.05) is 4.83 Å². The van der Waals surface area contributed by atoms with Crippen molar-refractivity contribution in [2.75, 3.05) is 0 Å². The lowest BCUT2D eigenvalue weighted by Crippen LogP contribution is -2.40. The molecule has 5 atom stereocenters. The van der Waals surface area contributed by atoms with Crippen LogP contribution in [-0.4, -0.2) is 27.2 Å². The molecule has 0 aliphatic heterocycles. The zero-order valence-corrected chi connectivity index (χ0v) is 7.16. The number of aliphatic hydroxyl groups is 2. The Morgan fingerprint density at radius 2 is 1.60 bits per heavy atom. The number of aliphatic hydroxyl groups excluding tert-OH is 2. The number of halogens is 1. The smallest absolute Gasteiger partial charge is 0.0671 e. The molecule has 58 valence electrons. The van der Waals surface area contributed by atoms with Crippen LogP contribution in [0.4, 0.5) is 0 Å². The number of alkyl halides is 1. The van der Waals surface area contributed by atoms with Crippen LogP contribution in [0, 0.1) is 11.8 Å². The molecule has 2 saturated carbocycles. The van der Waals surface area contributed by atoms with Crippen LogP contribution in [0.2, 0.25) is 0 Å². The summed E-state index contributed by atoms with van der Waals surface area (Å²) in [5.41, 5.74) is 0. The van der Waals surface area contributed by atoms with Crippen molar-refractivity contribution in [1.29, 1.82) is 0 Å². The van der Waals surface area contributed by atoms with Crippen LogP contribution in [0.15, 0.2) is 0 Å². The first-order chi connectivity index (χ1) is 4.70. The van der Waals surface area contributed by atoms with E-state index in [2.05, 4.69) is 15.9 Å². The largest absolute Gasteiger partial charge is 0.393 e. The Kier molecular flexibility index (Phi) is 1.55. The van der Waals surface area contributed by atoms with E-state index in [1.54, 1.807) is 0 Å². The summed E-state index contributed by atoms with van der Waals surface area (Å²) >= 11 is 3.43. The van der Waals surface area contributed by atoms with E-state index in [0.29, 0.717) is 11.8 Å². The number of hydrogen-bond acceptors (Lipinski definition) is 2. The quantitative estimate of drug-likeness (QED) is 0.568. The highest BCUT2D eigenvalue weighted by Crippen LogP contribution is 2.49. The minimum atomic E-state index is -0.229. The topological polar surface area (TPSA) is 40.5 Å². The van der Waals surface area contributed by atoms with E-state index in [4.69, 9.17) is 0 Å². The van der Waals surface area contributed by atoms with Crippen molar-refractivity contribution < 1.29 is 10.2 Å². The lowest BCUT2D eigenvalue weighted by atomic mass is 9.74. The molecule has 0 saturated heterocycles. The molecule has 0 unspecified atom stereocenters. The van der Waals surface area contributed by atoms with E-state index in [9.17, 15) is 10.2 Å². The van der Waals surface area contributed by atoms with Gasteiger partial charge in [-0.15, -0.1) is 0 Å². The fraction of sp³-hybridized carbons (Fsp3) is 1.00. The standard InChI is InChI=1S/C7H11BrO2/c8-7-4-2-5(9)3(4)1-6(7)10/h3-7,9-10H,1-2H2/t3-,4-,5+,6+,7+/m1/s1. The molecule has 3 heteroatoms. The highest BCUT2D eigenvalue weighted by molar-refractivity contribution is 9.09.